The molecule has 1 aliphatic heterocycles. The molecule has 1 fully saturated rings. The van der Waals surface area contributed by atoms with Gasteiger partial charge in [-0.1, -0.05) is 54.6 Å². The van der Waals surface area contributed by atoms with E-state index in [0.29, 0.717) is 13.0 Å². The van der Waals surface area contributed by atoms with Gasteiger partial charge in [-0.2, -0.15) is 0 Å². The molecule has 30 heavy (non-hydrogen) atoms. The van der Waals surface area contributed by atoms with Crippen LogP contribution in [0, 0.1) is 0 Å². The minimum atomic E-state index is -0.625. The largest absolute Gasteiger partial charge is 0.352 e. The average Bonchev–Trinajstić information content (AvgIpc) is 3.46. The normalized spacial score (nSPS) is 18.4. The summed E-state index contributed by atoms with van der Waals surface area (Å²) in [5.74, 6) is 1.52. The SMILES string of the molecule is c1ccc(CC2(c3ncc(-c4cccc(Nc5ccccc5)n4)[nH]3)COCO2)cc1. The maximum absolute atomic E-state index is 6.03. The second-order valence-electron chi connectivity index (χ2n) is 7.31. The van der Waals surface area contributed by atoms with Crippen LogP contribution in [0.1, 0.15) is 11.4 Å². The van der Waals surface area contributed by atoms with Gasteiger partial charge in [0, 0.05) is 12.1 Å². The topological polar surface area (TPSA) is 72.1 Å². The Bertz CT molecular complexity index is 1110. The van der Waals surface area contributed by atoms with E-state index in [1.54, 1.807) is 6.20 Å². The third kappa shape index (κ3) is 3.83. The number of benzene rings is 2. The minimum absolute atomic E-state index is 0.262. The summed E-state index contributed by atoms with van der Waals surface area (Å²) in [6.45, 7) is 0.718. The number of rotatable bonds is 6. The van der Waals surface area contributed by atoms with E-state index in [1.165, 1.54) is 5.56 Å². The molecule has 1 aliphatic rings. The van der Waals surface area contributed by atoms with E-state index < -0.39 is 5.60 Å². The van der Waals surface area contributed by atoms with E-state index in [1.807, 2.05) is 66.7 Å². The van der Waals surface area contributed by atoms with E-state index in [0.717, 1.165) is 28.7 Å². The quantitative estimate of drug-likeness (QED) is 0.494. The van der Waals surface area contributed by atoms with Gasteiger partial charge in [-0.05, 0) is 29.8 Å². The Balaban J connectivity index is 1.41. The predicted molar refractivity (Wildman–Crippen MR) is 115 cm³/mol. The Morgan fingerprint density at radius 1 is 0.933 bits per heavy atom. The maximum Gasteiger partial charge on any atom is 0.156 e. The molecule has 150 valence electrons. The zero-order valence-corrected chi connectivity index (χ0v) is 16.4. The Labute approximate surface area is 174 Å². The van der Waals surface area contributed by atoms with Gasteiger partial charge in [0.1, 0.15) is 18.4 Å². The minimum Gasteiger partial charge on any atom is -0.352 e. The molecule has 0 spiro atoms. The lowest BCUT2D eigenvalue weighted by molar-refractivity contribution is -0.0162. The van der Waals surface area contributed by atoms with Crippen LogP contribution in [0.25, 0.3) is 11.4 Å². The zero-order valence-electron chi connectivity index (χ0n) is 16.4. The first-order chi connectivity index (χ1) is 14.8. The third-order valence-electron chi connectivity index (χ3n) is 5.16. The van der Waals surface area contributed by atoms with Crippen molar-refractivity contribution in [3.63, 3.8) is 0 Å². The summed E-state index contributed by atoms with van der Waals surface area (Å²) in [5, 5.41) is 3.33. The zero-order chi connectivity index (χ0) is 20.2. The van der Waals surface area contributed by atoms with E-state index in [2.05, 4.69) is 27.4 Å². The maximum atomic E-state index is 6.03. The average molecular weight is 398 g/mol. The van der Waals surface area contributed by atoms with Gasteiger partial charge in [-0.15, -0.1) is 0 Å². The van der Waals surface area contributed by atoms with Crippen LogP contribution in [0.5, 0.6) is 0 Å². The highest BCUT2D eigenvalue weighted by molar-refractivity contribution is 5.61. The highest BCUT2D eigenvalue weighted by Crippen LogP contribution is 2.33. The number of aromatic nitrogens is 3. The molecule has 0 saturated carbocycles. The molecule has 6 heteroatoms. The number of hydrogen-bond donors (Lipinski definition) is 2. The Morgan fingerprint density at radius 3 is 2.50 bits per heavy atom. The summed E-state index contributed by atoms with van der Waals surface area (Å²) in [7, 11) is 0. The molecule has 0 bridgehead atoms. The molecule has 5 rings (SSSR count). The van der Waals surface area contributed by atoms with E-state index in [4.69, 9.17) is 14.5 Å². The highest BCUT2D eigenvalue weighted by atomic mass is 16.7. The van der Waals surface area contributed by atoms with Gasteiger partial charge in [-0.3, -0.25) is 0 Å². The number of aromatic amines is 1. The molecule has 2 N–H and O–H groups in total. The fourth-order valence-electron chi connectivity index (χ4n) is 3.66. The number of anilines is 2. The van der Waals surface area contributed by atoms with Gasteiger partial charge >= 0.3 is 0 Å². The molecule has 6 nitrogen and oxygen atoms in total. The van der Waals surface area contributed by atoms with E-state index in [-0.39, 0.29) is 6.79 Å². The second-order valence-corrected chi connectivity index (χ2v) is 7.31. The molecular weight excluding hydrogens is 376 g/mol. The van der Waals surface area contributed by atoms with Crippen molar-refractivity contribution in [1.29, 1.82) is 0 Å². The van der Waals surface area contributed by atoms with Gasteiger partial charge in [-0.25, -0.2) is 9.97 Å². The smallest absolute Gasteiger partial charge is 0.156 e. The third-order valence-corrected chi connectivity index (χ3v) is 5.16. The molecule has 1 unspecified atom stereocenters. The van der Waals surface area contributed by atoms with Crippen molar-refractivity contribution in [2.45, 2.75) is 12.0 Å². The lowest BCUT2D eigenvalue weighted by Crippen LogP contribution is -2.32. The molecular formula is C24H22N4O2. The van der Waals surface area contributed by atoms with Crippen LogP contribution in [0.4, 0.5) is 11.5 Å². The Kier molecular flexibility index (Phi) is 5.01. The lowest BCUT2D eigenvalue weighted by atomic mass is 9.94. The predicted octanol–water partition coefficient (Wildman–Crippen LogP) is 4.66. The molecule has 0 amide bonds. The van der Waals surface area contributed by atoms with Crippen molar-refractivity contribution < 1.29 is 9.47 Å². The number of pyridine rings is 1. The fourth-order valence-corrected chi connectivity index (χ4v) is 3.66. The van der Waals surface area contributed by atoms with Gasteiger partial charge in [0.25, 0.3) is 0 Å². The first-order valence-corrected chi connectivity index (χ1v) is 9.91. The molecule has 2 aromatic heterocycles. The second kappa shape index (κ2) is 8.10. The summed E-state index contributed by atoms with van der Waals surface area (Å²) in [6, 6.07) is 26.1. The van der Waals surface area contributed by atoms with Crippen LogP contribution >= 0.6 is 0 Å². The van der Waals surface area contributed by atoms with Crippen LogP contribution in [-0.2, 0) is 21.5 Å². The van der Waals surface area contributed by atoms with Crippen molar-refractivity contribution in [2.24, 2.45) is 0 Å². The van der Waals surface area contributed by atoms with Crippen molar-refractivity contribution in [1.82, 2.24) is 15.0 Å². The number of para-hydroxylation sites is 1. The summed E-state index contributed by atoms with van der Waals surface area (Å²) < 4.78 is 11.6. The molecule has 0 radical (unpaired) electrons. The first-order valence-electron chi connectivity index (χ1n) is 9.91. The molecule has 2 aromatic carbocycles. The molecule has 1 atom stereocenters. The van der Waals surface area contributed by atoms with Gasteiger partial charge in [0.15, 0.2) is 5.60 Å². The summed E-state index contributed by atoms with van der Waals surface area (Å²) in [5.41, 5.74) is 3.19. The van der Waals surface area contributed by atoms with Gasteiger partial charge in [0.2, 0.25) is 0 Å². The van der Waals surface area contributed by atoms with Crippen molar-refractivity contribution >= 4 is 11.5 Å². The van der Waals surface area contributed by atoms with Gasteiger partial charge in [0.05, 0.1) is 24.2 Å². The molecule has 1 saturated heterocycles. The standard InChI is InChI=1S/C24H22N4O2/c1-3-8-18(9-4-1)14-24(16-29-17-30-24)23-25-15-21(28-23)20-12-7-13-22(27-20)26-19-10-5-2-6-11-19/h1-13,15H,14,16-17H2,(H,25,28)(H,26,27). The first kappa shape index (κ1) is 18.5. The molecule has 3 heterocycles. The number of nitrogens with zero attached hydrogens (tertiary/aromatic N) is 2. The van der Waals surface area contributed by atoms with E-state index >= 15 is 0 Å². The number of nitrogens with one attached hydrogen (secondary N) is 2. The van der Waals surface area contributed by atoms with Crippen LogP contribution < -0.4 is 5.32 Å². The molecule has 4 aromatic rings. The van der Waals surface area contributed by atoms with Crippen molar-refractivity contribution in [3.05, 3.63) is 96.4 Å². The van der Waals surface area contributed by atoms with Crippen molar-refractivity contribution in [2.75, 3.05) is 18.7 Å². The Hall–Kier alpha value is -3.48. The number of H-pyrrole nitrogens is 1. The Morgan fingerprint density at radius 2 is 1.73 bits per heavy atom. The monoisotopic (exact) mass is 398 g/mol. The van der Waals surface area contributed by atoms with Crippen molar-refractivity contribution in [3.8, 4) is 11.4 Å². The fraction of sp³-hybridized carbons (Fsp3) is 0.167. The number of hydrogen-bond acceptors (Lipinski definition) is 5. The van der Waals surface area contributed by atoms with E-state index in [9.17, 15) is 0 Å². The lowest BCUT2D eigenvalue weighted by Gasteiger charge is -2.24. The van der Waals surface area contributed by atoms with Gasteiger partial charge < -0.3 is 19.8 Å². The summed E-state index contributed by atoms with van der Waals surface area (Å²) >= 11 is 0. The number of ether oxygens (including phenoxy) is 2. The van der Waals surface area contributed by atoms with Crippen LogP contribution in [-0.4, -0.2) is 28.4 Å². The van der Waals surface area contributed by atoms with Crippen LogP contribution in [0.15, 0.2) is 85.1 Å². The number of imidazole rings is 1. The summed E-state index contributed by atoms with van der Waals surface area (Å²) in [6.07, 6.45) is 2.49. The summed E-state index contributed by atoms with van der Waals surface area (Å²) in [4.78, 5) is 12.8. The molecule has 0 aliphatic carbocycles. The highest BCUT2D eigenvalue weighted by Gasteiger charge is 2.41. The van der Waals surface area contributed by atoms with Crippen LogP contribution in [0.3, 0.4) is 0 Å². The van der Waals surface area contributed by atoms with Crippen LogP contribution in [0.2, 0.25) is 0 Å².